The van der Waals surface area contributed by atoms with Crippen molar-refractivity contribution in [2.75, 3.05) is 5.73 Å². The second-order valence-electron chi connectivity index (χ2n) is 4.01. The molecule has 0 radical (unpaired) electrons. The maximum Gasteiger partial charge on any atom is 0.273 e. The Morgan fingerprint density at radius 3 is 2.70 bits per heavy atom. The van der Waals surface area contributed by atoms with Crippen molar-refractivity contribution in [3.63, 3.8) is 0 Å². The summed E-state index contributed by atoms with van der Waals surface area (Å²) >= 11 is 6.99. The van der Waals surface area contributed by atoms with E-state index in [2.05, 4.69) is 0 Å². The summed E-state index contributed by atoms with van der Waals surface area (Å²) in [6, 6.07) is 8.66. The van der Waals surface area contributed by atoms with E-state index in [0.29, 0.717) is 21.2 Å². The van der Waals surface area contributed by atoms with Crippen LogP contribution in [0.3, 0.4) is 0 Å². The largest absolute Gasteiger partial charge is 0.399 e. The summed E-state index contributed by atoms with van der Waals surface area (Å²) in [7, 11) is 0. The lowest BCUT2D eigenvalue weighted by atomic mass is 10.2. The van der Waals surface area contributed by atoms with Crippen molar-refractivity contribution in [1.29, 1.82) is 0 Å². The van der Waals surface area contributed by atoms with Gasteiger partial charge >= 0.3 is 0 Å². The lowest BCUT2D eigenvalue weighted by molar-refractivity contribution is -0.385. The lowest BCUT2D eigenvalue weighted by Gasteiger charge is -2.05. The number of nitrogens with two attached hydrogens (primary N) is 1. The molecule has 0 fully saturated rings. The van der Waals surface area contributed by atoms with Crippen LogP contribution in [0.25, 0.3) is 0 Å². The second-order valence-corrected chi connectivity index (χ2v) is 5.46. The van der Waals surface area contributed by atoms with Crippen molar-refractivity contribution in [2.24, 2.45) is 0 Å². The number of nitrogen functional groups attached to an aromatic ring is 1. The van der Waals surface area contributed by atoms with Crippen LogP contribution in [0.15, 0.2) is 41.3 Å². The molecule has 0 aromatic heterocycles. The number of thioether (sulfide) groups is 1. The zero-order valence-corrected chi connectivity index (χ0v) is 11.7. The summed E-state index contributed by atoms with van der Waals surface area (Å²) in [4.78, 5) is 10.8. The third-order valence-electron chi connectivity index (χ3n) is 2.58. The standard InChI is InChI=1S/C13H10ClFN2O2S/c14-9-1-3-12(17(18)19)8(5-9)7-20-13-4-2-10(16)6-11(13)15/h1-6H,7,16H2. The average Bonchev–Trinajstić information content (AvgIpc) is 2.37. The Morgan fingerprint density at radius 1 is 1.30 bits per heavy atom. The molecule has 7 heteroatoms. The number of halogens is 2. The molecular formula is C13H10ClFN2O2S. The fourth-order valence-corrected chi connectivity index (χ4v) is 2.74. The number of benzene rings is 2. The van der Waals surface area contributed by atoms with E-state index >= 15 is 0 Å². The van der Waals surface area contributed by atoms with Gasteiger partial charge in [-0.2, -0.15) is 0 Å². The minimum atomic E-state index is -0.481. The number of hydrogen-bond donors (Lipinski definition) is 1. The highest BCUT2D eigenvalue weighted by molar-refractivity contribution is 7.98. The summed E-state index contributed by atoms with van der Waals surface area (Å²) in [5.41, 5.74) is 6.21. The Balaban J connectivity index is 2.22. The van der Waals surface area contributed by atoms with Crippen molar-refractivity contribution in [3.05, 3.63) is 62.9 Å². The van der Waals surface area contributed by atoms with Crippen molar-refractivity contribution >= 4 is 34.7 Å². The molecule has 0 spiro atoms. The normalized spacial score (nSPS) is 10.5. The van der Waals surface area contributed by atoms with Crippen LogP contribution in [-0.2, 0) is 5.75 Å². The molecule has 0 atom stereocenters. The first-order valence-electron chi connectivity index (χ1n) is 5.58. The van der Waals surface area contributed by atoms with Crippen LogP contribution >= 0.6 is 23.4 Å². The van der Waals surface area contributed by atoms with Crippen LogP contribution in [0.2, 0.25) is 5.02 Å². The van der Waals surface area contributed by atoms with Gasteiger partial charge in [0.1, 0.15) is 5.82 Å². The van der Waals surface area contributed by atoms with E-state index in [9.17, 15) is 14.5 Å². The fraction of sp³-hybridized carbons (Fsp3) is 0.0769. The van der Waals surface area contributed by atoms with Gasteiger partial charge in [0, 0.05) is 33.0 Å². The summed E-state index contributed by atoms with van der Waals surface area (Å²) < 4.78 is 13.6. The van der Waals surface area contributed by atoms with E-state index in [0.717, 1.165) is 11.8 Å². The van der Waals surface area contributed by atoms with Crippen LogP contribution in [0.1, 0.15) is 5.56 Å². The first-order chi connectivity index (χ1) is 9.47. The van der Waals surface area contributed by atoms with Gasteiger partial charge in [-0.3, -0.25) is 10.1 Å². The minimum absolute atomic E-state index is 0.0299. The van der Waals surface area contributed by atoms with E-state index in [4.69, 9.17) is 17.3 Å². The maximum atomic E-state index is 13.6. The highest BCUT2D eigenvalue weighted by Crippen LogP contribution is 2.31. The molecule has 2 rings (SSSR count). The van der Waals surface area contributed by atoms with Crippen LogP contribution < -0.4 is 5.73 Å². The van der Waals surface area contributed by atoms with E-state index < -0.39 is 10.7 Å². The SMILES string of the molecule is Nc1ccc(SCc2cc(Cl)ccc2[N+](=O)[O-])c(F)c1. The molecule has 0 saturated carbocycles. The predicted molar refractivity (Wildman–Crippen MR) is 78.5 cm³/mol. The topological polar surface area (TPSA) is 69.2 Å². The van der Waals surface area contributed by atoms with E-state index in [1.54, 1.807) is 12.1 Å². The van der Waals surface area contributed by atoms with Crippen molar-refractivity contribution in [1.82, 2.24) is 0 Å². The molecule has 20 heavy (non-hydrogen) atoms. The molecule has 0 amide bonds. The van der Waals surface area contributed by atoms with Gasteiger partial charge in [-0.25, -0.2) is 4.39 Å². The molecule has 2 aromatic carbocycles. The predicted octanol–water partition coefficient (Wildman–Crippen LogP) is 4.26. The number of rotatable bonds is 4. The second kappa shape index (κ2) is 6.11. The summed E-state index contributed by atoms with van der Waals surface area (Å²) in [6.07, 6.45) is 0. The molecular weight excluding hydrogens is 303 g/mol. The Morgan fingerprint density at radius 2 is 2.05 bits per heavy atom. The molecule has 2 N–H and O–H groups in total. The monoisotopic (exact) mass is 312 g/mol. The molecule has 4 nitrogen and oxygen atoms in total. The maximum absolute atomic E-state index is 13.6. The number of anilines is 1. The number of nitro groups is 1. The lowest BCUT2D eigenvalue weighted by Crippen LogP contribution is -1.94. The Kier molecular flexibility index (Phi) is 4.46. The van der Waals surface area contributed by atoms with Gasteiger partial charge < -0.3 is 5.73 Å². The van der Waals surface area contributed by atoms with Gasteiger partial charge in [-0.1, -0.05) is 11.6 Å². The van der Waals surface area contributed by atoms with E-state index in [1.807, 2.05) is 0 Å². The molecule has 0 heterocycles. The Bertz CT molecular complexity index is 667. The van der Waals surface area contributed by atoms with Crippen molar-refractivity contribution in [2.45, 2.75) is 10.6 Å². The van der Waals surface area contributed by atoms with Gasteiger partial charge in [-0.15, -0.1) is 11.8 Å². The van der Waals surface area contributed by atoms with Gasteiger partial charge in [-0.05, 0) is 30.3 Å². The molecule has 2 aromatic rings. The first kappa shape index (κ1) is 14.6. The summed E-state index contributed by atoms with van der Waals surface area (Å²) in [5.74, 6) is -0.197. The van der Waals surface area contributed by atoms with Crippen molar-refractivity contribution < 1.29 is 9.31 Å². The van der Waals surface area contributed by atoms with Gasteiger partial charge in [0.25, 0.3) is 5.69 Å². The Labute approximate surface area is 123 Å². The fourth-order valence-electron chi connectivity index (χ4n) is 1.64. The zero-order chi connectivity index (χ0) is 14.7. The number of nitro benzene ring substituents is 1. The van der Waals surface area contributed by atoms with Crippen LogP contribution in [-0.4, -0.2) is 4.92 Å². The van der Waals surface area contributed by atoms with E-state index in [-0.39, 0.29) is 11.4 Å². The van der Waals surface area contributed by atoms with E-state index in [1.165, 1.54) is 24.3 Å². The van der Waals surface area contributed by atoms with Gasteiger partial charge in [0.05, 0.1) is 4.92 Å². The third-order valence-corrected chi connectivity index (χ3v) is 3.91. The Hall–Kier alpha value is -1.79. The quantitative estimate of drug-likeness (QED) is 0.396. The van der Waals surface area contributed by atoms with Crippen LogP contribution in [0.4, 0.5) is 15.8 Å². The average molecular weight is 313 g/mol. The molecule has 0 unspecified atom stereocenters. The molecule has 0 aliphatic carbocycles. The highest BCUT2D eigenvalue weighted by Gasteiger charge is 2.15. The molecule has 0 saturated heterocycles. The van der Waals surface area contributed by atoms with Crippen molar-refractivity contribution in [3.8, 4) is 0 Å². The molecule has 0 aliphatic rings. The third kappa shape index (κ3) is 3.40. The van der Waals surface area contributed by atoms with Crippen LogP contribution in [0, 0.1) is 15.9 Å². The summed E-state index contributed by atoms with van der Waals surface area (Å²) in [5, 5.41) is 11.3. The van der Waals surface area contributed by atoms with Gasteiger partial charge in [0.15, 0.2) is 0 Å². The minimum Gasteiger partial charge on any atom is -0.399 e. The highest BCUT2D eigenvalue weighted by atomic mass is 35.5. The first-order valence-corrected chi connectivity index (χ1v) is 6.94. The van der Waals surface area contributed by atoms with Gasteiger partial charge in [0.2, 0.25) is 0 Å². The van der Waals surface area contributed by atoms with Crippen LogP contribution in [0.5, 0.6) is 0 Å². The molecule has 0 bridgehead atoms. The summed E-state index contributed by atoms with van der Waals surface area (Å²) in [6.45, 7) is 0. The molecule has 104 valence electrons. The number of nitrogens with zero attached hydrogens (tertiary/aromatic N) is 1. The zero-order valence-electron chi connectivity index (χ0n) is 10.2. The number of hydrogen-bond acceptors (Lipinski definition) is 4. The molecule has 0 aliphatic heterocycles. The smallest absolute Gasteiger partial charge is 0.273 e.